The van der Waals surface area contributed by atoms with Crippen molar-refractivity contribution in [3.8, 4) is 0 Å². The van der Waals surface area contributed by atoms with Crippen molar-refractivity contribution in [2.45, 2.75) is 166 Å². The lowest BCUT2D eigenvalue weighted by molar-refractivity contribution is -0.155. The number of benzene rings is 1. The van der Waals surface area contributed by atoms with Crippen LogP contribution in [0.15, 0.2) is 24.3 Å². The molecular formula is C58H89F2N11O11. The quantitative estimate of drug-likeness (QED) is 0.355. The molecule has 0 aromatic heterocycles. The van der Waals surface area contributed by atoms with Crippen molar-refractivity contribution in [3.05, 3.63) is 35.4 Å². The molecule has 1 aromatic rings. The third kappa shape index (κ3) is 16.1. The van der Waals surface area contributed by atoms with Crippen LogP contribution in [0.4, 0.5) is 8.78 Å². The fourth-order valence-corrected chi connectivity index (χ4v) is 11.4. The number of nitrogens with one attached hydrogen (secondary N) is 3. The number of nitrogens with zero attached hydrogens (tertiary/aromatic N) is 8. The second kappa shape index (κ2) is 28.0. The Labute approximate surface area is 481 Å². The molecule has 2 aliphatic carbocycles. The van der Waals surface area contributed by atoms with Gasteiger partial charge in [0.1, 0.15) is 35.7 Å². The van der Waals surface area contributed by atoms with E-state index < -0.39 is 158 Å². The number of aryl methyl sites for hydroxylation is 1. The Balaban J connectivity index is 1.50. The molecule has 2 aliphatic heterocycles. The summed E-state index contributed by atoms with van der Waals surface area (Å²) in [6.45, 7) is 7.28. The summed E-state index contributed by atoms with van der Waals surface area (Å²) < 4.78 is 30.6. The number of carbonyl (C=O) groups excluding carboxylic acids is 11. The average Bonchev–Trinajstić information content (AvgIpc) is 4.24. The van der Waals surface area contributed by atoms with Crippen LogP contribution in [-0.4, -0.2) is 234 Å². The molecule has 0 radical (unpaired) electrons. The third-order valence-corrected chi connectivity index (χ3v) is 17.3. The molecule has 456 valence electrons. The predicted molar refractivity (Wildman–Crippen MR) is 300 cm³/mol. The van der Waals surface area contributed by atoms with Gasteiger partial charge in [0.25, 0.3) is 5.92 Å². The summed E-state index contributed by atoms with van der Waals surface area (Å²) in [5.74, 6) is -12.0. The zero-order chi connectivity index (χ0) is 61.3. The van der Waals surface area contributed by atoms with E-state index in [1.807, 2.05) is 39.8 Å². The number of hydrogen-bond donors (Lipinski definition) is 3. The molecule has 22 nitrogen and oxygen atoms in total. The van der Waals surface area contributed by atoms with E-state index in [1.165, 1.54) is 64.0 Å². The van der Waals surface area contributed by atoms with Crippen LogP contribution in [0.2, 0.25) is 0 Å². The van der Waals surface area contributed by atoms with Crippen LogP contribution in [-0.2, 0) is 59.2 Å². The van der Waals surface area contributed by atoms with E-state index in [0.29, 0.717) is 36.1 Å². The van der Waals surface area contributed by atoms with E-state index in [1.54, 1.807) is 26.0 Å². The van der Waals surface area contributed by atoms with Gasteiger partial charge in [-0.05, 0) is 75.7 Å². The van der Waals surface area contributed by atoms with Gasteiger partial charge in [-0.1, -0.05) is 76.8 Å². The number of hydrogen-bond acceptors (Lipinski definition) is 11. The van der Waals surface area contributed by atoms with Gasteiger partial charge >= 0.3 is 0 Å². The number of rotatable bonds is 7. The number of carbonyl (C=O) groups is 11. The molecule has 3 N–H and O–H groups in total. The van der Waals surface area contributed by atoms with Gasteiger partial charge < -0.3 is 55.1 Å². The molecule has 5 rings (SSSR count). The molecule has 1 aromatic carbocycles. The van der Waals surface area contributed by atoms with Gasteiger partial charge in [0.05, 0.1) is 32.7 Å². The summed E-state index contributed by atoms with van der Waals surface area (Å²) in [5, 5.41) is 7.97. The van der Waals surface area contributed by atoms with Crippen molar-refractivity contribution in [1.82, 2.24) is 55.1 Å². The first-order valence-corrected chi connectivity index (χ1v) is 28.7. The normalized spacial score (nSPS) is 27.0. The van der Waals surface area contributed by atoms with Crippen LogP contribution in [0.1, 0.15) is 116 Å². The first kappa shape index (κ1) is 66.1. The fourth-order valence-electron chi connectivity index (χ4n) is 11.4. The summed E-state index contributed by atoms with van der Waals surface area (Å²) >= 11 is 0. The molecule has 11 amide bonds. The molecule has 2 saturated carbocycles. The number of likely N-dealkylation sites (N-methyl/N-ethyl adjacent to an activating group) is 7. The molecule has 6 unspecified atom stereocenters. The van der Waals surface area contributed by atoms with Crippen LogP contribution in [0.3, 0.4) is 0 Å². The van der Waals surface area contributed by atoms with Crippen molar-refractivity contribution in [3.63, 3.8) is 0 Å². The SMILES string of the molecule is CC[C@H](C)C1NC(=O)C(CC(C)C)N(C)C(=O)CC(C)N(C)C(=O)C(C2CCCC2)N(C)C(=O)C2(CCC2)NC(=O)C2CC(F)(F)CN2C(=O)CNC(=O)CN(C)C(=O)C(Cc2ccc(C)cc2)N(C)C(=O)CN(C)C(=O)CN(C)C1=O. The lowest BCUT2D eigenvalue weighted by Gasteiger charge is -2.46. The molecule has 2 saturated heterocycles. The predicted octanol–water partition coefficient (Wildman–Crippen LogP) is 1.80. The van der Waals surface area contributed by atoms with Gasteiger partial charge in [-0.25, -0.2) is 8.78 Å². The van der Waals surface area contributed by atoms with E-state index in [9.17, 15) is 52.7 Å². The van der Waals surface area contributed by atoms with Crippen molar-refractivity contribution in [1.29, 1.82) is 0 Å². The van der Waals surface area contributed by atoms with E-state index in [-0.39, 0.29) is 43.9 Å². The summed E-state index contributed by atoms with van der Waals surface area (Å²) in [6.07, 6.45) is 2.87. The van der Waals surface area contributed by atoms with Gasteiger partial charge in [0, 0.05) is 74.6 Å². The van der Waals surface area contributed by atoms with Crippen LogP contribution in [0.5, 0.6) is 0 Å². The standard InChI is InChI=1S/C58H89F2N11O11/c1-14-37(5)49-54(80)66(9)32-47(75)64(7)33-48(76)69(12)42(28-39-22-20-36(4)21-23-39)53(79)65(8)31-44(72)61-30-46(74)71-34-58(59,60)29-43(71)52(78)63-57(24-17-25-57)56(82)70(13)50(40-18-15-16-19-40)55(81)67(10)38(6)27-45(73)68(11)41(26-35(2)3)51(77)62-49/h20-23,35,37-38,40-43,49-50H,14-19,24-34H2,1-13H3,(H,61,72)(H,62,77)(H,63,78)/t37-,38?,41?,42?,43?,49?,50?/m0/s1. The largest absolute Gasteiger partial charge is 0.345 e. The lowest BCUT2D eigenvalue weighted by atomic mass is 9.74. The van der Waals surface area contributed by atoms with E-state index in [2.05, 4.69) is 16.0 Å². The summed E-state index contributed by atoms with van der Waals surface area (Å²) in [6, 6.07) is 0.241. The topological polar surface area (TPSA) is 250 Å². The number of fused-ring (bicyclic) bond motifs is 1. The van der Waals surface area contributed by atoms with Gasteiger partial charge in [-0.15, -0.1) is 0 Å². The highest BCUT2D eigenvalue weighted by molar-refractivity contribution is 5.99. The minimum atomic E-state index is -3.51. The highest BCUT2D eigenvalue weighted by Crippen LogP contribution is 2.39. The minimum Gasteiger partial charge on any atom is -0.345 e. The first-order chi connectivity index (χ1) is 38.3. The smallest absolute Gasteiger partial charge is 0.267 e. The summed E-state index contributed by atoms with van der Waals surface area (Å²) in [7, 11) is 9.92. The van der Waals surface area contributed by atoms with Crippen molar-refractivity contribution in [2.24, 2.45) is 17.8 Å². The van der Waals surface area contributed by atoms with E-state index in [4.69, 9.17) is 0 Å². The molecule has 1 spiro atoms. The molecule has 7 atom stereocenters. The Kier molecular flexibility index (Phi) is 22.6. The summed E-state index contributed by atoms with van der Waals surface area (Å²) in [4.78, 5) is 165. The number of amides is 11. The molecule has 24 heteroatoms. The molecule has 4 aliphatic rings. The van der Waals surface area contributed by atoms with E-state index in [0.717, 1.165) is 38.0 Å². The maximum atomic E-state index is 15.3. The van der Waals surface area contributed by atoms with Crippen molar-refractivity contribution < 1.29 is 61.5 Å². The molecule has 0 bridgehead atoms. The van der Waals surface area contributed by atoms with Gasteiger partial charge in [-0.2, -0.15) is 0 Å². The van der Waals surface area contributed by atoms with Crippen molar-refractivity contribution in [2.75, 3.05) is 82.1 Å². The monoisotopic (exact) mass is 1150 g/mol. The van der Waals surface area contributed by atoms with Crippen LogP contribution >= 0.6 is 0 Å². The van der Waals surface area contributed by atoms with Gasteiger partial charge in [-0.3, -0.25) is 52.7 Å². The van der Waals surface area contributed by atoms with Crippen LogP contribution in [0.25, 0.3) is 0 Å². The number of halogens is 2. The molecular weight excluding hydrogens is 1060 g/mol. The summed E-state index contributed by atoms with van der Waals surface area (Å²) in [5.41, 5.74) is -0.000852. The Morgan fingerprint density at radius 2 is 1.24 bits per heavy atom. The molecule has 4 fully saturated rings. The highest BCUT2D eigenvalue weighted by Gasteiger charge is 2.55. The van der Waals surface area contributed by atoms with Crippen molar-refractivity contribution >= 4 is 65.0 Å². The minimum absolute atomic E-state index is 0.0170. The second-order valence-electron chi connectivity index (χ2n) is 24.1. The number of alkyl halides is 2. The maximum absolute atomic E-state index is 15.3. The van der Waals surface area contributed by atoms with Crippen LogP contribution < -0.4 is 16.0 Å². The third-order valence-electron chi connectivity index (χ3n) is 17.3. The fraction of sp³-hybridized carbons (Fsp3) is 0.707. The Morgan fingerprint density at radius 3 is 1.82 bits per heavy atom. The average molecular weight is 1150 g/mol. The Bertz CT molecular complexity index is 2540. The second-order valence-corrected chi connectivity index (χ2v) is 24.1. The zero-order valence-corrected chi connectivity index (χ0v) is 50.4. The van der Waals surface area contributed by atoms with Gasteiger partial charge in [0.15, 0.2) is 0 Å². The van der Waals surface area contributed by atoms with Gasteiger partial charge in [0.2, 0.25) is 65.0 Å². The Morgan fingerprint density at radius 1 is 0.659 bits per heavy atom. The first-order valence-electron chi connectivity index (χ1n) is 28.7. The lowest BCUT2D eigenvalue weighted by Crippen LogP contribution is -2.68. The molecule has 82 heavy (non-hydrogen) atoms. The molecule has 2 heterocycles. The zero-order valence-electron chi connectivity index (χ0n) is 50.4. The highest BCUT2D eigenvalue weighted by atomic mass is 19.3. The van der Waals surface area contributed by atoms with E-state index >= 15 is 8.78 Å². The maximum Gasteiger partial charge on any atom is 0.267 e. The van der Waals surface area contributed by atoms with Crippen LogP contribution in [0, 0.1) is 24.7 Å². The Hall–Kier alpha value is -6.75.